The molecule has 1 heterocycles. The minimum Gasteiger partial charge on any atom is -0.496 e. The van der Waals surface area contributed by atoms with E-state index < -0.39 is 0 Å². The Morgan fingerprint density at radius 1 is 1.07 bits per heavy atom. The lowest BCUT2D eigenvalue weighted by molar-refractivity contribution is -0.121. The number of rotatable bonds is 5. The number of nitrogens with zero attached hydrogens (tertiary/aromatic N) is 1. The highest BCUT2D eigenvalue weighted by Crippen LogP contribution is 2.31. The molecule has 2 aromatic rings. The molecule has 29 heavy (non-hydrogen) atoms. The van der Waals surface area contributed by atoms with Crippen molar-refractivity contribution in [3.05, 3.63) is 52.5 Å². The lowest BCUT2D eigenvalue weighted by Gasteiger charge is -2.32. The number of amides is 2. The highest BCUT2D eigenvalue weighted by molar-refractivity contribution is 6.31. The first kappa shape index (κ1) is 21.0. The Balaban J connectivity index is 1.64. The average molecular weight is 417 g/mol. The van der Waals surface area contributed by atoms with Crippen LogP contribution in [0.15, 0.2) is 36.4 Å². The summed E-state index contributed by atoms with van der Waals surface area (Å²) >= 11 is 6.13. The van der Waals surface area contributed by atoms with E-state index in [1.807, 2.05) is 19.1 Å². The second-order valence-corrected chi connectivity index (χ2v) is 7.46. The van der Waals surface area contributed by atoms with Gasteiger partial charge in [0.15, 0.2) is 0 Å². The lowest BCUT2D eigenvalue weighted by atomic mass is 9.95. The first-order valence-corrected chi connectivity index (χ1v) is 9.89. The smallest absolute Gasteiger partial charge is 0.261 e. The van der Waals surface area contributed by atoms with Crippen molar-refractivity contribution in [1.82, 2.24) is 4.90 Å². The highest BCUT2D eigenvalue weighted by Gasteiger charge is 2.30. The molecule has 3 rings (SSSR count). The van der Waals surface area contributed by atoms with Crippen molar-refractivity contribution in [1.29, 1.82) is 0 Å². The van der Waals surface area contributed by atoms with Crippen molar-refractivity contribution in [2.45, 2.75) is 19.8 Å². The van der Waals surface area contributed by atoms with Crippen molar-refractivity contribution in [3.8, 4) is 11.5 Å². The number of piperidine rings is 1. The number of hydrogen-bond donors (Lipinski definition) is 1. The van der Waals surface area contributed by atoms with E-state index in [2.05, 4.69) is 5.32 Å². The van der Waals surface area contributed by atoms with Crippen LogP contribution in [0.1, 0.15) is 28.8 Å². The number of benzene rings is 2. The molecule has 1 fully saturated rings. The van der Waals surface area contributed by atoms with Crippen LogP contribution in [0.5, 0.6) is 11.5 Å². The van der Waals surface area contributed by atoms with Gasteiger partial charge in [-0.25, -0.2) is 0 Å². The summed E-state index contributed by atoms with van der Waals surface area (Å²) in [6, 6.07) is 10.7. The second-order valence-electron chi connectivity index (χ2n) is 7.06. The molecule has 2 aromatic carbocycles. The topological polar surface area (TPSA) is 67.9 Å². The Kier molecular flexibility index (Phi) is 6.64. The van der Waals surface area contributed by atoms with Gasteiger partial charge in [-0.15, -0.1) is 0 Å². The first-order chi connectivity index (χ1) is 13.9. The molecular formula is C22H25ClN2O4. The second kappa shape index (κ2) is 9.18. The Labute approximate surface area is 175 Å². The van der Waals surface area contributed by atoms with Gasteiger partial charge in [0.25, 0.3) is 5.91 Å². The molecule has 0 atom stereocenters. The summed E-state index contributed by atoms with van der Waals surface area (Å²) in [5.74, 6) is 0.602. The van der Waals surface area contributed by atoms with Crippen LogP contribution in [0.2, 0.25) is 5.02 Å². The van der Waals surface area contributed by atoms with Gasteiger partial charge in [-0.2, -0.15) is 0 Å². The lowest BCUT2D eigenvalue weighted by Crippen LogP contribution is -2.41. The van der Waals surface area contributed by atoms with Crippen LogP contribution in [-0.4, -0.2) is 44.0 Å². The monoisotopic (exact) mass is 416 g/mol. The van der Waals surface area contributed by atoms with Gasteiger partial charge in [0.1, 0.15) is 17.1 Å². The SMILES string of the molecule is COc1cccc(OC)c1C(=O)N1CCC(C(=O)Nc2ccc(C)c(Cl)c2)CC1. The summed E-state index contributed by atoms with van der Waals surface area (Å²) in [5, 5.41) is 3.54. The molecule has 0 bridgehead atoms. The van der Waals surface area contributed by atoms with E-state index in [9.17, 15) is 9.59 Å². The van der Waals surface area contributed by atoms with Crippen molar-refractivity contribution >= 4 is 29.1 Å². The molecule has 7 heteroatoms. The number of aryl methyl sites for hydroxylation is 1. The van der Waals surface area contributed by atoms with E-state index in [0.717, 1.165) is 5.56 Å². The number of carbonyl (C=O) groups is 2. The Bertz CT molecular complexity index is 885. The number of likely N-dealkylation sites (tertiary alicyclic amines) is 1. The van der Waals surface area contributed by atoms with Crippen LogP contribution in [0.3, 0.4) is 0 Å². The summed E-state index contributed by atoms with van der Waals surface area (Å²) < 4.78 is 10.7. The van der Waals surface area contributed by atoms with Crippen LogP contribution in [0.4, 0.5) is 5.69 Å². The number of methoxy groups -OCH3 is 2. The molecular weight excluding hydrogens is 392 g/mol. The molecule has 2 amide bonds. The Hall–Kier alpha value is -2.73. The molecule has 0 aliphatic carbocycles. The van der Waals surface area contributed by atoms with Crippen molar-refractivity contribution < 1.29 is 19.1 Å². The summed E-state index contributed by atoms with van der Waals surface area (Å²) in [6.07, 6.45) is 1.18. The molecule has 1 aliphatic heterocycles. The quantitative estimate of drug-likeness (QED) is 0.794. The standard InChI is InChI=1S/C22H25ClN2O4/c1-14-7-8-16(13-17(14)23)24-21(26)15-9-11-25(12-10-15)22(27)20-18(28-2)5-4-6-19(20)29-3/h4-8,13,15H,9-12H2,1-3H3,(H,24,26). The zero-order valence-corrected chi connectivity index (χ0v) is 17.6. The predicted octanol–water partition coefficient (Wildman–Crippen LogP) is 4.16. The maximum atomic E-state index is 13.0. The molecule has 0 unspecified atom stereocenters. The van der Waals surface area contributed by atoms with E-state index in [1.165, 1.54) is 14.2 Å². The fourth-order valence-corrected chi connectivity index (χ4v) is 3.66. The van der Waals surface area contributed by atoms with Gasteiger partial charge in [-0.1, -0.05) is 23.7 Å². The van der Waals surface area contributed by atoms with Gasteiger partial charge in [0.05, 0.1) is 14.2 Å². The third kappa shape index (κ3) is 4.65. The predicted molar refractivity (Wildman–Crippen MR) is 113 cm³/mol. The maximum absolute atomic E-state index is 13.0. The number of anilines is 1. The summed E-state index contributed by atoms with van der Waals surface area (Å²) in [6.45, 7) is 2.90. The molecule has 0 spiro atoms. The minimum atomic E-state index is -0.154. The number of carbonyl (C=O) groups excluding carboxylic acids is 2. The van der Waals surface area contributed by atoms with Crippen LogP contribution in [-0.2, 0) is 4.79 Å². The Morgan fingerprint density at radius 2 is 1.69 bits per heavy atom. The van der Waals surface area contributed by atoms with Crippen molar-refractivity contribution in [2.75, 3.05) is 32.6 Å². The van der Waals surface area contributed by atoms with Crippen molar-refractivity contribution in [2.24, 2.45) is 5.92 Å². The maximum Gasteiger partial charge on any atom is 0.261 e. The minimum absolute atomic E-state index is 0.0492. The molecule has 6 nitrogen and oxygen atoms in total. The normalized spacial score (nSPS) is 14.4. The Morgan fingerprint density at radius 3 is 2.24 bits per heavy atom. The van der Waals surface area contributed by atoms with Crippen LogP contribution < -0.4 is 14.8 Å². The fourth-order valence-electron chi connectivity index (χ4n) is 3.48. The number of nitrogens with one attached hydrogen (secondary N) is 1. The van der Waals surface area contributed by atoms with Gasteiger partial charge >= 0.3 is 0 Å². The number of ether oxygens (including phenoxy) is 2. The largest absolute Gasteiger partial charge is 0.496 e. The molecule has 1 N–H and O–H groups in total. The fraction of sp³-hybridized carbons (Fsp3) is 0.364. The molecule has 0 saturated carbocycles. The van der Waals surface area contributed by atoms with Gasteiger partial charge in [-0.3, -0.25) is 9.59 Å². The molecule has 0 aromatic heterocycles. The molecule has 1 aliphatic rings. The molecule has 0 radical (unpaired) electrons. The van der Waals surface area contributed by atoms with Crippen LogP contribution in [0, 0.1) is 12.8 Å². The van der Waals surface area contributed by atoms with Gasteiger partial charge in [-0.05, 0) is 49.6 Å². The number of halogens is 1. The average Bonchev–Trinajstić information content (AvgIpc) is 2.75. The number of hydrogen-bond acceptors (Lipinski definition) is 4. The van der Waals surface area contributed by atoms with Gasteiger partial charge in [0.2, 0.25) is 5.91 Å². The first-order valence-electron chi connectivity index (χ1n) is 9.52. The van der Waals surface area contributed by atoms with Gasteiger partial charge < -0.3 is 19.7 Å². The zero-order valence-electron chi connectivity index (χ0n) is 16.8. The van der Waals surface area contributed by atoms with Crippen LogP contribution in [0.25, 0.3) is 0 Å². The third-order valence-electron chi connectivity index (χ3n) is 5.23. The van der Waals surface area contributed by atoms with Crippen LogP contribution >= 0.6 is 11.6 Å². The highest BCUT2D eigenvalue weighted by atomic mass is 35.5. The summed E-state index contributed by atoms with van der Waals surface area (Å²) in [4.78, 5) is 27.4. The van der Waals surface area contributed by atoms with Crippen molar-refractivity contribution in [3.63, 3.8) is 0 Å². The third-order valence-corrected chi connectivity index (χ3v) is 5.64. The summed E-state index contributed by atoms with van der Waals surface area (Å²) in [7, 11) is 3.05. The van der Waals surface area contributed by atoms with E-state index in [4.69, 9.17) is 21.1 Å². The summed E-state index contributed by atoms with van der Waals surface area (Å²) in [5.41, 5.74) is 2.06. The van der Waals surface area contributed by atoms with E-state index >= 15 is 0 Å². The van der Waals surface area contributed by atoms with Gasteiger partial charge in [0, 0.05) is 29.7 Å². The molecule has 1 saturated heterocycles. The zero-order chi connectivity index (χ0) is 21.0. The molecule has 154 valence electrons. The van der Waals surface area contributed by atoms with E-state index in [-0.39, 0.29) is 17.7 Å². The van der Waals surface area contributed by atoms with E-state index in [0.29, 0.717) is 53.7 Å². The van der Waals surface area contributed by atoms with E-state index in [1.54, 1.807) is 29.2 Å².